The number of thioether (sulfide) groups is 1. The summed E-state index contributed by atoms with van der Waals surface area (Å²) in [5, 5.41) is 4.82. The Kier molecular flexibility index (Phi) is 4.19. The monoisotopic (exact) mass is 322 g/mol. The van der Waals surface area contributed by atoms with Crippen LogP contribution in [-0.2, 0) is 0 Å². The highest BCUT2D eigenvalue weighted by Gasteiger charge is 2.33. The van der Waals surface area contributed by atoms with Crippen LogP contribution in [0.4, 0.5) is 0 Å². The second-order valence-electron chi connectivity index (χ2n) is 6.59. The van der Waals surface area contributed by atoms with Crippen molar-refractivity contribution in [1.29, 1.82) is 0 Å². The van der Waals surface area contributed by atoms with Gasteiger partial charge in [-0.05, 0) is 74.7 Å². The van der Waals surface area contributed by atoms with Crippen LogP contribution in [0.5, 0.6) is 0 Å². The van der Waals surface area contributed by atoms with E-state index in [-0.39, 0.29) is 0 Å². The number of hydrogen-bond donors (Lipinski definition) is 1. The Morgan fingerprint density at radius 1 is 1.19 bits per heavy atom. The van der Waals surface area contributed by atoms with E-state index in [9.17, 15) is 0 Å². The van der Waals surface area contributed by atoms with E-state index in [0.29, 0.717) is 12.1 Å². The van der Waals surface area contributed by atoms with Crippen molar-refractivity contribution in [2.45, 2.75) is 55.1 Å². The average molecular weight is 323 g/mol. The van der Waals surface area contributed by atoms with Gasteiger partial charge in [-0.3, -0.25) is 0 Å². The van der Waals surface area contributed by atoms with Crippen LogP contribution < -0.4 is 5.32 Å². The smallest absolute Gasteiger partial charge is 0.0410 e. The van der Waals surface area contributed by atoms with Gasteiger partial charge in [0, 0.05) is 28.0 Å². The van der Waals surface area contributed by atoms with Crippen molar-refractivity contribution in [2.24, 2.45) is 0 Å². The van der Waals surface area contributed by atoms with Crippen LogP contribution in [-0.4, -0.2) is 35.8 Å². The van der Waals surface area contributed by atoms with Crippen molar-refractivity contribution in [2.75, 3.05) is 18.8 Å². The lowest BCUT2D eigenvalue weighted by atomic mass is 9.95. The molecule has 0 spiro atoms. The summed E-state index contributed by atoms with van der Waals surface area (Å²) >= 11 is 8.19. The zero-order chi connectivity index (χ0) is 14.2. The lowest BCUT2D eigenvalue weighted by Crippen LogP contribution is -2.46. The molecule has 0 aliphatic carbocycles. The molecule has 2 fully saturated rings. The highest BCUT2D eigenvalue weighted by Crippen LogP contribution is 2.38. The summed E-state index contributed by atoms with van der Waals surface area (Å²) in [6.45, 7) is 2.61. The van der Waals surface area contributed by atoms with Gasteiger partial charge in [-0.1, -0.05) is 11.6 Å². The van der Waals surface area contributed by atoms with Crippen molar-refractivity contribution in [3.63, 3.8) is 0 Å². The number of fused-ring (bicyclic) bond motifs is 2. The van der Waals surface area contributed by atoms with Gasteiger partial charge in [-0.25, -0.2) is 0 Å². The number of piperidine rings is 1. The van der Waals surface area contributed by atoms with Gasteiger partial charge in [0.1, 0.15) is 0 Å². The van der Waals surface area contributed by atoms with Crippen molar-refractivity contribution < 1.29 is 0 Å². The molecule has 4 rings (SSSR count). The van der Waals surface area contributed by atoms with Crippen LogP contribution in [0.1, 0.15) is 43.7 Å². The maximum atomic E-state index is 6.21. The largest absolute Gasteiger partial charge is 0.307 e. The third-order valence-electron chi connectivity index (χ3n) is 5.27. The third kappa shape index (κ3) is 2.98. The van der Waals surface area contributed by atoms with Crippen LogP contribution in [0.2, 0.25) is 5.02 Å². The van der Waals surface area contributed by atoms with Crippen LogP contribution in [0.3, 0.4) is 0 Å². The number of hydrogen-bond acceptors (Lipinski definition) is 3. The van der Waals surface area contributed by atoms with E-state index in [1.54, 1.807) is 0 Å². The van der Waals surface area contributed by atoms with Crippen molar-refractivity contribution in [3.8, 4) is 0 Å². The molecule has 3 aliphatic heterocycles. The first-order chi connectivity index (χ1) is 10.3. The molecule has 3 aliphatic rings. The molecule has 3 atom stereocenters. The minimum absolute atomic E-state index is 0.498. The molecule has 0 radical (unpaired) electrons. The minimum Gasteiger partial charge on any atom is -0.307 e. The molecule has 114 valence electrons. The van der Waals surface area contributed by atoms with E-state index in [2.05, 4.69) is 22.3 Å². The molecule has 1 aromatic carbocycles. The highest BCUT2D eigenvalue weighted by molar-refractivity contribution is 7.99. The predicted molar refractivity (Wildman–Crippen MR) is 90.3 cm³/mol. The first-order valence-electron chi connectivity index (χ1n) is 8.22. The molecule has 0 bridgehead atoms. The molecule has 21 heavy (non-hydrogen) atoms. The summed E-state index contributed by atoms with van der Waals surface area (Å²) in [5.74, 6) is 1.22. The molecular weight excluding hydrogens is 300 g/mol. The van der Waals surface area contributed by atoms with E-state index in [0.717, 1.165) is 11.1 Å². The molecule has 0 amide bonds. The standard InChI is InChI=1S/C17H23ClN2S/c18-12-3-4-17-15(10-12)16(6-9-21-17)19-13-5-8-20-7-1-2-14(20)11-13/h3-4,10,13-14,16,19H,1-2,5-9,11H2. The first kappa shape index (κ1) is 14.4. The van der Waals surface area contributed by atoms with Gasteiger partial charge < -0.3 is 10.2 Å². The Hall–Kier alpha value is -0.220. The normalized spacial score (nSPS) is 32.7. The SMILES string of the molecule is Clc1ccc2c(c1)C(NC1CCN3CCCC3C1)CCS2. The molecular formula is C17H23ClN2S. The molecule has 1 aromatic rings. The fourth-order valence-corrected chi connectivity index (χ4v) is 5.48. The van der Waals surface area contributed by atoms with E-state index < -0.39 is 0 Å². The van der Waals surface area contributed by atoms with Gasteiger partial charge in [0.05, 0.1) is 0 Å². The Morgan fingerprint density at radius 2 is 2.14 bits per heavy atom. The molecule has 4 heteroatoms. The zero-order valence-electron chi connectivity index (χ0n) is 12.4. The average Bonchev–Trinajstić information content (AvgIpc) is 2.95. The second kappa shape index (κ2) is 6.11. The topological polar surface area (TPSA) is 15.3 Å². The van der Waals surface area contributed by atoms with Crippen molar-refractivity contribution in [3.05, 3.63) is 28.8 Å². The lowest BCUT2D eigenvalue weighted by molar-refractivity contribution is 0.160. The molecule has 3 unspecified atom stereocenters. The van der Waals surface area contributed by atoms with Crippen molar-refractivity contribution >= 4 is 23.4 Å². The Morgan fingerprint density at radius 3 is 3.10 bits per heavy atom. The van der Waals surface area contributed by atoms with Gasteiger partial charge in [-0.2, -0.15) is 0 Å². The van der Waals surface area contributed by atoms with Gasteiger partial charge in [0.25, 0.3) is 0 Å². The summed E-state index contributed by atoms with van der Waals surface area (Å²) in [7, 11) is 0. The Balaban J connectivity index is 1.47. The van der Waals surface area contributed by atoms with Gasteiger partial charge in [0.15, 0.2) is 0 Å². The first-order valence-corrected chi connectivity index (χ1v) is 9.58. The van der Waals surface area contributed by atoms with E-state index in [1.165, 1.54) is 61.4 Å². The second-order valence-corrected chi connectivity index (χ2v) is 8.17. The molecule has 2 saturated heterocycles. The maximum Gasteiger partial charge on any atom is 0.0410 e. The van der Waals surface area contributed by atoms with Crippen LogP contribution >= 0.6 is 23.4 Å². The minimum atomic E-state index is 0.498. The zero-order valence-corrected chi connectivity index (χ0v) is 13.9. The Labute approximate surface area is 136 Å². The number of benzene rings is 1. The number of nitrogens with one attached hydrogen (secondary N) is 1. The highest BCUT2D eigenvalue weighted by atomic mass is 35.5. The molecule has 2 nitrogen and oxygen atoms in total. The number of rotatable bonds is 2. The number of halogens is 1. The van der Waals surface area contributed by atoms with Gasteiger partial charge >= 0.3 is 0 Å². The summed E-state index contributed by atoms with van der Waals surface area (Å²) in [6, 6.07) is 8.41. The molecule has 1 N–H and O–H groups in total. The summed E-state index contributed by atoms with van der Waals surface area (Å²) in [5.41, 5.74) is 1.42. The third-order valence-corrected chi connectivity index (χ3v) is 6.63. The van der Waals surface area contributed by atoms with Crippen molar-refractivity contribution in [1.82, 2.24) is 10.2 Å². The summed E-state index contributed by atoms with van der Waals surface area (Å²) in [6.07, 6.45) is 6.66. The number of nitrogens with zero attached hydrogens (tertiary/aromatic N) is 1. The summed E-state index contributed by atoms with van der Waals surface area (Å²) < 4.78 is 0. The predicted octanol–water partition coefficient (Wildman–Crippen LogP) is 4.09. The van der Waals surface area contributed by atoms with Gasteiger partial charge in [0.2, 0.25) is 0 Å². The molecule has 0 aromatic heterocycles. The Bertz CT molecular complexity index is 522. The fourth-order valence-electron chi connectivity index (χ4n) is 4.20. The van der Waals surface area contributed by atoms with Crippen LogP contribution in [0, 0.1) is 0 Å². The fraction of sp³-hybridized carbons (Fsp3) is 0.647. The van der Waals surface area contributed by atoms with Crippen LogP contribution in [0.25, 0.3) is 0 Å². The quantitative estimate of drug-likeness (QED) is 0.882. The van der Waals surface area contributed by atoms with E-state index in [4.69, 9.17) is 11.6 Å². The van der Waals surface area contributed by atoms with E-state index in [1.807, 2.05) is 17.8 Å². The summed E-state index contributed by atoms with van der Waals surface area (Å²) in [4.78, 5) is 4.11. The molecule has 3 heterocycles. The van der Waals surface area contributed by atoms with E-state index >= 15 is 0 Å². The molecule has 0 saturated carbocycles. The lowest BCUT2D eigenvalue weighted by Gasteiger charge is -2.38. The van der Waals surface area contributed by atoms with Crippen LogP contribution in [0.15, 0.2) is 23.1 Å². The van der Waals surface area contributed by atoms with Gasteiger partial charge in [-0.15, -0.1) is 11.8 Å². The maximum absolute atomic E-state index is 6.21.